The summed E-state index contributed by atoms with van der Waals surface area (Å²) in [6.45, 7) is 4.60. The van der Waals surface area contributed by atoms with Gasteiger partial charge in [-0.05, 0) is 85.1 Å². The van der Waals surface area contributed by atoms with Crippen molar-refractivity contribution in [1.82, 2.24) is 4.90 Å². The number of phenols is 2. The van der Waals surface area contributed by atoms with E-state index in [0.29, 0.717) is 13.2 Å². The summed E-state index contributed by atoms with van der Waals surface area (Å²) >= 11 is 0. The van der Waals surface area contributed by atoms with E-state index in [-0.39, 0.29) is 17.5 Å². The van der Waals surface area contributed by atoms with Gasteiger partial charge in [0.1, 0.15) is 23.9 Å². The van der Waals surface area contributed by atoms with Crippen LogP contribution in [0.15, 0.2) is 66.7 Å². The minimum Gasteiger partial charge on any atom is -0.508 e. The summed E-state index contributed by atoms with van der Waals surface area (Å²) in [6.07, 6.45) is 3.90. The quantitative estimate of drug-likeness (QED) is 0.487. The molecule has 0 radical (unpaired) electrons. The lowest BCUT2D eigenvalue weighted by molar-refractivity contribution is 0.183. The van der Waals surface area contributed by atoms with Crippen LogP contribution in [0.1, 0.15) is 47.9 Å². The molecule has 6 nitrogen and oxygen atoms in total. The van der Waals surface area contributed by atoms with Crippen LogP contribution in [0.4, 0.5) is 5.69 Å². The van der Waals surface area contributed by atoms with Gasteiger partial charge < -0.3 is 19.8 Å². The molecule has 6 heteroatoms. The van der Waals surface area contributed by atoms with Crippen molar-refractivity contribution in [3.63, 3.8) is 0 Å². The molecule has 0 aromatic heterocycles. The molecule has 3 aromatic carbocycles. The molecule has 2 unspecified atom stereocenters. The number of ether oxygens (including phenoxy) is 1. The van der Waals surface area contributed by atoms with Gasteiger partial charge in [-0.2, -0.15) is 5.26 Å². The maximum absolute atomic E-state index is 10.1. The number of rotatable bonds is 7. The minimum absolute atomic E-state index is 0.154. The molecule has 3 aromatic rings. The number of piperidine rings is 1. The normalized spacial score (nSPS) is 19.8. The molecular weight excluding hydrogens is 438 g/mol. The number of aromatic hydroxyl groups is 2. The molecule has 0 aliphatic carbocycles. The van der Waals surface area contributed by atoms with E-state index in [0.717, 1.165) is 34.7 Å². The summed E-state index contributed by atoms with van der Waals surface area (Å²) in [5.74, 6) is 0.778. The number of benzene rings is 3. The predicted molar refractivity (Wildman–Crippen MR) is 136 cm³/mol. The Labute approximate surface area is 206 Å². The molecule has 0 amide bonds. The minimum atomic E-state index is -0.431. The van der Waals surface area contributed by atoms with Gasteiger partial charge >= 0.3 is 0 Å². The van der Waals surface area contributed by atoms with Gasteiger partial charge in [0.15, 0.2) is 0 Å². The second-order valence-electron chi connectivity index (χ2n) is 9.41. The maximum atomic E-state index is 10.1. The van der Waals surface area contributed by atoms with Crippen LogP contribution in [0, 0.1) is 11.3 Å². The molecule has 1 saturated heterocycles. The van der Waals surface area contributed by atoms with Crippen molar-refractivity contribution in [2.75, 3.05) is 31.1 Å². The number of likely N-dealkylation sites (tertiary alicyclic amines) is 1. The van der Waals surface area contributed by atoms with Crippen molar-refractivity contribution < 1.29 is 14.9 Å². The van der Waals surface area contributed by atoms with Crippen molar-refractivity contribution in [2.24, 2.45) is 0 Å². The van der Waals surface area contributed by atoms with Crippen LogP contribution < -0.4 is 9.64 Å². The summed E-state index contributed by atoms with van der Waals surface area (Å²) in [7, 11) is 0. The van der Waals surface area contributed by atoms with Gasteiger partial charge in [0.2, 0.25) is 0 Å². The van der Waals surface area contributed by atoms with Crippen LogP contribution in [0.3, 0.4) is 0 Å². The molecule has 35 heavy (non-hydrogen) atoms. The van der Waals surface area contributed by atoms with Gasteiger partial charge in [0, 0.05) is 18.8 Å². The van der Waals surface area contributed by atoms with Crippen LogP contribution in [0.2, 0.25) is 0 Å². The molecule has 0 spiro atoms. The molecule has 180 valence electrons. The number of fused-ring (bicyclic) bond motifs is 1. The SMILES string of the molecule is N#CC1c2cc(O)ccc2N(Cc2ccc(OCCN3CCCCC3)cc2)C1c1ccc(O)cc1. The Morgan fingerprint density at radius 1 is 0.886 bits per heavy atom. The van der Waals surface area contributed by atoms with Gasteiger partial charge in [-0.1, -0.05) is 30.7 Å². The van der Waals surface area contributed by atoms with Gasteiger partial charge in [0.05, 0.1) is 18.0 Å². The molecule has 0 bridgehead atoms. The van der Waals surface area contributed by atoms with E-state index in [2.05, 4.69) is 28.0 Å². The molecule has 2 atom stereocenters. The van der Waals surface area contributed by atoms with Crippen LogP contribution in [-0.2, 0) is 6.54 Å². The molecule has 5 rings (SSSR count). The first kappa shape index (κ1) is 23.1. The molecule has 0 saturated carbocycles. The zero-order valence-electron chi connectivity index (χ0n) is 19.8. The van der Waals surface area contributed by atoms with Crippen LogP contribution in [0.5, 0.6) is 17.2 Å². The second kappa shape index (κ2) is 10.3. The Balaban J connectivity index is 1.33. The van der Waals surface area contributed by atoms with E-state index >= 15 is 0 Å². The Bertz CT molecular complexity index is 1180. The van der Waals surface area contributed by atoms with Crippen molar-refractivity contribution >= 4 is 5.69 Å². The third-order valence-electron chi connectivity index (χ3n) is 7.08. The summed E-state index contributed by atoms with van der Waals surface area (Å²) < 4.78 is 5.99. The van der Waals surface area contributed by atoms with Crippen LogP contribution in [-0.4, -0.2) is 41.4 Å². The van der Waals surface area contributed by atoms with E-state index < -0.39 is 5.92 Å². The molecule has 2 N–H and O–H groups in total. The first-order chi connectivity index (χ1) is 17.1. The van der Waals surface area contributed by atoms with E-state index in [1.54, 1.807) is 24.3 Å². The molecule has 2 heterocycles. The third kappa shape index (κ3) is 5.06. The molecule has 1 fully saturated rings. The summed E-state index contributed by atoms with van der Waals surface area (Å²) in [5.41, 5.74) is 3.81. The lowest BCUT2D eigenvalue weighted by Gasteiger charge is -2.29. The standard InChI is InChI=1S/C29H31N3O3/c30-19-27-26-18-24(34)10-13-28(26)32(29(27)22-6-8-23(33)9-7-22)20-21-4-11-25(12-5-21)35-17-16-31-14-2-1-3-15-31/h4-13,18,27,29,33-34H,1-3,14-17,20H2. The van der Waals surface area contributed by atoms with Crippen LogP contribution >= 0.6 is 0 Å². The number of anilines is 1. The Morgan fingerprint density at radius 3 is 2.31 bits per heavy atom. The number of phenolic OH excluding ortho intramolecular Hbond substituents is 2. The summed E-state index contributed by atoms with van der Waals surface area (Å²) in [4.78, 5) is 4.68. The van der Waals surface area contributed by atoms with E-state index in [9.17, 15) is 15.5 Å². The highest BCUT2D eigenvalue weighted by molar-refractivity contribution is 5.67. The van der Waals surface area contributed by atoms with Gasteiger partial charge in [-0.3, -0.25) is 4.90 Å². The van der Waals surface area contributed by atoms with Gasteiger partial charge in [-0.25, -0.2) is 0 Å². The average Bonchev–Trinajstić information content (AvgIpc) is 3.18. The topological polar surface area (TPSA) is 80.0 Å². The highest BCUT2D eigenvalue weighted by Crippen LogP contribution is 2.50. The van der Waals surface area contributed by atoms with E-state index in [1.165, 1.54) is 32.4 Å². The Kier molecular flexibility index (Phi) is 6.78. The number of hydrogen-bond acceptors (Lipinski definition) is 6. The zero-order valence-corrected chi connectivity index (χ0v) is 19.8. The van der Waals surface area contributed by atoms with Gasteiger partial charge in [0.25, 0.3) is 0 Å². The Hall–Kier alpha value is -3.69. The number of nitrogens with zero attached hydrogens (tertiary/aromatic N) is 3. The molecular formula is C29H31N3O3. The largest absolute Gasteiger partial charge is 0.508 e. The maximum Gasteiger partial charge on any atom is 0.119 e. The second-order valence-corrected chi connectivity index (χ2v) is 9.41. The highest BCUT2D eigenvalue weighted by Gasteiger charge is 2.40. The van der Waals surface area contributed by atoms with Crippen LogP contribution in [0.25, 0.3) is 0 Å². The van der Waals surface area contributed by atoms with Gasteiger partial charge in [-0.15, -0.1) is 0 Å². The number of nitriles is 1. The lowest BCUT2D eigenvalue weighted by Crippen LogP contribution is -2.33. The number of hydrogen-bond donors (Lipinski definition) is 2. The molecule has 2 aliphatic heterocycles. The first-order valence-electron chi connectivity index (χ1n) is 12.3. The van der Waals surface area contributed by atoms with Crippen molar-refractivity contribution in [3.8, 4) is 23.3 Å². The summed E-state index contributed by atoms with van der Waals surface area (Å²) in [5, 5.41) is 29.9. The predicted octanol–water partition coefficient (Wildman–Crippen LogP) is 5.33. The zero-order chi connectivity index (χ0) is 24.2. The fraction of sp³-hybridized carbons (Fsp3) is 0.345. The fourth-order valence-electron chi connectivity index (χ4n) is 5.28. The van der Waals surface area contributed by atoms with E-state index in [1.807, 2.05) is 30.3 Å². The monoisotopic (exact) mass is 469 g/mol. The Morgan fingerprint density at radius 2 is 1.60 bits per heavy atom. The average molecular weight is 470 g/mol. The fourth-order valence-corrected chi connectivity index (χ4v) is 5.28. The highest BCUT2D eigenvalue weighted by atomic mass is 16.5. The smallest absolute Gasteiger partial charge is 0.119 e. The van der Waals surface area contributed by atoms with Crippen molar-refractivity contribution in [2.45, 2.75) is 37.8 Å². The summed E-state index contributed by atoms with van der Waals surface area (Å²) in [6, 6.07) is 22.7. The lowest BCUT2D eigenvalue weighted by atomic mass is 9.91. The van der Waals surface area contributed by atoms with Crippen molar-refractivity contribution in [1.29, 1.82) is 5.26 Å². The first-order valence-corrected chi connectivity index (χ1v) is 12.3. The third-order valence-corrected chi connectivity index (χ3v) is 7.08. The van der Waals surface area contributed by atoms with Crippen molar-refractivity contribution in [3.05, 3.63) is 83.4 Å². The van der Waals surface area contributed by atoms with E-state index in [4.69, 9.17) is 4.74 Å². The molecule has 2 aliphatic rings.